The number of rotatable bonds is 10. The number of hydrogen-bond acceptors (Lipinski definition) is 6. The molecule has 31 heavy (non-hydrogen) atoms. The number of methoxy groups -OCH3 is 4. The molecule has 164 valence electrons. The van der Waals surface area contributed by atoms with Crippen molar-refractivity contribution in [3.05, 3.63) is 83.4 Å². The monoisotopic (exact) mass is 422 g/mol. The maximum absolute atomic E-state index is 7.11. The Kier molecular flexibility index (Phi) is 7.39. The van der Waals surface area contributed by atoms with Gasteiger partial charge in [0.2, 0.25) is 0 Å². The van der Waals surface area contributed by atoms with Gasteiger partial charge >= 0.3 is 0 Å². The summed E-state index contributed by atoms with van der Waals surface area (Å²) in [5, 5.41) is 3.50. The number of benzene rings is 3. The fraction of sp³-hybridized carbons (Fsp3) is 0.280. The SMILES string of the molecule is COc1cc(OC)cc(C(N)(CNCc2ccccc2)c2cc(OC)cc(OC)c2)c1. The third-order valence-corrected chi connectivity index (χ3v) is 5.31. The second kappa shape index (κ2) is 10.2. The van der Waals surface area contributed by atoms with Gasteiger partial charge in [-0.2, -0.15) is 0 Å². The maximum atomic E-state index is 7.11. The minimum absolute atomic E-state index is 0.467. The normalized spacial score (nSPS) is 11.1. The average molecular weight is 423 g/mol. The van der Waals surface area contributed by atoms with Gasteiger partial charge in [-0.25, -0.2) is 0 Å². The van der Waals surface area contributed by atoms with E-state index in [0.717, 1.165) is 11.1 Å². The van der Waals surface area contributed by atoms with Crippen molar-refractivity contribution in [1.29, 1.82) is 0 Å². The Bertz CT molecular complexity index is 892. The third kappa shape index (κ3) is 5.29. The zero-order valence-corrected chi connectivity index (χ0v) is 18.5. The highest BCUT2D eigenvalue weighted by molar-refractivity contribution is 5.50. The molecule has 0 fully saturated rings. The third-order valence-electron chi connectivity index (χ3n) is 5.31. The van der Waals surface area contributed by atoms with Crippen molar-refractivity contribution in [1.82, 2.24) is 5.32 Å². The van der Waals surface area contributed by atoms with Gasteiger partial charge in [-0.15, -0.1) is 0 Å². The first-order valence-corrected chi connectivity index (χ1v) is 10.0. The van der Waals surface area contributed by atoms with E-state index >= 15 is 0 Å². The molecular formula is C25H30N2O4. The van der Waals surface area contributed by atoms with Crippen molar-refractivity contribution in [2.75, 3.05) is 35.0 Å². The number of nitrogens with one attached hydrogen (secondary N) is 1. The van der Waals surface area contributed by atoms with Gasteiger partial charge < -0.3 is 30.0 Å². The Morgan fingerprint density at radius 3 is 1.48 bits per heavy atom. The molecule has 3 rings (SSSR count). The van der Waals surface area contributed by atoms with Gasteiger partial charge in [0.1, 0.15) is 23.0 Å². The van der Waals surface area contributed by atoms with Crippen LogP contribution in [0.3, 0.4) is 0 Å². The van der Waals surface area contributed by atoms with E-state index in [4.69, 9.17) is 24.7 Å². The molecule has 3 aromatic rings. The summed E-state index contributed by atoms with van der Waals surface area (Å²) >= 11 is 0. The zero-order chi connectivity index (χ0) is 22.3. The van der Waals surface area contributed by atoms with E-state index in [0.29, 0.717) is 36.1 Å². The molecule has 0 aliphatic rings. The van der Waals surface area contributed by atoms with Crippen LogP contribution in [-0.4, -0.2) is 35.0 Å². The van der Waals surface area contributed by atoms with E-state index in [1.807, 2.05) is 54.6 Å². The van der Waals surface area contributed by atoms with E-state index in [1.165, 1.54) is 5.56 Å². The summed E-state index contributed by atoms with van der Waals surface area (Å²) in [5.74, 6) is 2.67. The molecule has 3 N–H and O–H groups in total. The first-order chi connectivity index (χ1) is 15.0. The molecule has 0 radical (unpaired) electrons. The van der Waals surface area contributed by atoms with E-state index in [-0.39, 0.29) is 0 Å². The summed E-state index contributed by atoms with van der Waals surface area (Å²) < 4.78 is 21.9. The lowest BCUT2D eigenvalue weighted by molar-refractivity contribution is 0.384. The summed E-state index contributed by atoms with van der Waals surface area (Å²) in [7, 11) is 6.50. The first-order valence-electron chi connectivity index (χ1n) is 10.0. The van der Waals surface area contributed by atoms with Crippen LogP contribution in [0.4, 0.5) is 0 Å². The molecule has 6 nitrogen and oxygen atoms in total. The van der Waals surface area contributed by atoms with Crippen LogP contribution in [0.15, 0.2) is 66.7 Å². The standard InChI is InChI=1S/C25H30N2O4/c1-28-21-10-19(11-22(14-21)29-2)25(26,17-27-16-18-8-6-5-7-9-18)20-12-23(30-3)15-24(13-20)31-4/h5-15,27H,16-17,26H2,1-4H3. The van der Waals surface area contributed by atoms with Gasteiger partial charge in [-0.3, -0.25) is 0 Å². The second-order valence-electron chi connectivity index (χ2n) is 7.26. The maximum Gasteiger partial charge on any atom is 0.122 e. The minimum atomic E-state index is -0.904. The average Bonchev–Trinajstić information content (AvgIpc) is 2.83. The van der Waals surface area contributed by atoms with Crippen LogP contribution in [0.5, 0.6) is 23.0 Å². The van der Waals surface area contributed by atoms with E-state index < -0.39 is 5.54 Å². The molecule has 0 spiro atoms. The highest BCUT2D eigenvalue weighted by Crippen LogP contribution is 2.36. The van der Waals surface area contributed by atoms with Crippen molar-refractivity contribution >= 4 is 0 Å². The van der Waals surface area contributed by atoms with Crippen molar-refractivity contribution < 1.29 is 18.9 Å². The molecule has 0 saturated heterocycles. The van der Waals surface area contributed by atoms with Crippen LogP contribution >= 0.6 is 0 Å². The molecule has 0 saturated carbocycles. The topological polar surface area (TPSA) is 75.0 Å². The fourth-order valence-electron chi connectivity index (χ4n) is 3.50. The van der Waals surface area contributed by atoms with Gasteiger partial charge in [0, 0.05) is 25.2 Å². The Morgan fingerprint density at radius 1 is 0.677 bits per heavy atom. The molecule has 0 bridgehead atoms. The van der Waals surface area contributed by atoms with Gasteiger partial charge in [0.15, 0.2) is 0 Å². The molecule has 0 atom stereocenters. The summed E-state index contributed by atoms with van der Waals surface area (Å²) in [5.41, 5.74) is 9.08. The first kappa shape index (κ1) is 22.5. The van der Waals surface area contributed by atoms with E-state index in [1.54, 1.807) is 28.4 Å². The van der Waals surface area contributed by atoms with Crippen LogP contribution in [0.25, 0.3) is 0 Å². The summed E-state index contributed by atoms with van der Waals surface area (Å²) in [4.78, 5) is 0. The lowest BCUT2D eigenvalue weighted by atomic mass is 9.83. The Hall–Kier alpha value is -3.22. The largest absolute Gasteiger partial charge is 0.497 e. The molecular weight excluding hydrogens is 392 g/mol. The lowest BCUT2D eigenvalue weighted by Crippen LogP contribution is -2.47. The molecule has 0 amide bonds. The molecule has 0 aromatic heterocycles. The smallest absolute Gasteiger partial charge is 0.122 e. The summed E-state index contributed by atoms with van der Waals surface area (Å²) in [6.07, 6.45) is 0. The Balaban J connectivity index is 2.05. The number of nitrogens with two attached hydrogens (primary N) is 1. The Labute approximate surface area is 183 Å². The molecule has 0 heterocycles. The highest BCUT2D eigenvalue weighted by Gasteiger charge is 2.32. The van der Waals surface area contributed by atoms with Gasteiger partial charge in [0.05, 0.1) is 34.0 Å². The zero-order valence-electron chi connectivity index (χ0n) is 18.5. The summed E-state index contributed by atoms with van der Waals surface area (Å²) in [6, 6.07) is 21.6. The summed E-state index contributed by atoms with van der Waals surface area (Å²) in [6.45, 7) is 1.15. The van der Waals surface area contributed by atoms with Gasteiger partial charge in [-0.05, 0) is 41.0 Å². The predicted octanol–water partition coefficient (Wildman–Crippen LogP) is 3.71. The lowest BCUT2D eigenvalue weighted by Gasteiger charge is -2.32. The van der Waals surface area contributed by atoms with Crippen LogP contribution < -0.4 is 30.0 Å². The highest BCUT2D eigenvalue weighted by atomic mass is 16.5. The van der Waals surface area contributed by atoms with Crippen molar-refractivity contribution in [2.24, 2.45) is 5.73 Å². The van der Waals surface area contributed by atoms with Crippen molar-refractivity contribution in [2.45, 2.75) is 12.1 Å². The second-order valence-corrected chi connectivity index (χ2v) is 7.26. The Morgan fingerprint density at radius 2 is 1.10 bits per heavy atom. The van der Waals surface area contributed by atoms with Crippen LogP contribution in [0.2, 0.25) is 0 Å². The van der Waals surface area contributed by atoms with Gasteiger partial charge in [-0.1, -0.05) is 30.3 Å². The number of hydrogen-bond donors (Lipinski definition) is 2. The van der Waals surface area contributed by atoms with E-state index in [9.17, 15) is 0 Å². The van der Waals surface area contributed by atoms with Crippen molar-refractivity contribution in [3.63, 3.8) is 0 Å². The van der Waals surface area contributed by atoms with Crippen LogP contribution in [-0.2, 0) is 12.1 Å². The molecule has 0 unspecified atom stereocenters. The van der Waals surface area contributed by atoms with Gasteiger partial charge in [0.25, 0.3) is 0 Å². The molecule has 3 aromatic carbocycles. The quantitative estimate of drug-likeness (QED) is 0.519. The molecule has 0 aliphatic carbocycles. The predicted molar refractivity (Wildman–Crippen MR) is 122 cm³/mol. The number of ether oxygens (including phenoxy) is 4. The molecule has 0 aliphatic heterocycles. The fourth-order valence-corrected chi connectivity index (χ4v) is 3.50. The van der Waals surface area contributed by atoms with Crippen LogP contribution in [0, 0.1) is 0 Å². The molecule has 6 heteroatoms. The van der Waals surface area contributed by atoms with E-state index in [2.05, 4.69) is 17.4 Å². The minimum Gasteiger partial charge on any atom is -0.497 e. The van der Waals surface area contributed by atoms with Crippen LogP contribution in [0.1, 0.15) is 16.7 Å². The van der Waals surface area contributed by atoms with Crippen molar-refractivity contribution in [3.8, 4) is 23.0 Å².